The van der Waals surface area contributed by atoms with E-state index in [9.17, 15) is 9.18 Å². The van der Waals surface area contributed by atoms with Gasteiger partial charge in [0.05, 0.1) is 4.47 Å². The Morgan fingerprint density at radius 2 is 2.33 bits per heavy atom. The van der Waals surface area contributed by atoms with Gasteiger partial charge in [0.15, 0.2) is 0 Å². The van der Waals surface area contributed by atoms with Crippen LogP contribution < -0.4 is 5.32 Å². The standard InChI is InChI=1S/C10H11BrFNO2/c1-6(10(14)15)13-5-7-2-3-9(12)8(11)4-7/h2-4,6,13H,5H2,1H3,(H,14,15). The van der Waals surface area contributed by atoms with Crippen LogP contribution in [0, 0.1) is 5.82 Å². The van der Waals surface area contributed by atoms with Crippen LogP contribution in [0.3, 0.4) is 0 Å². The monoisotopic (exact) mass is 275 g/mol. The fraction of sp³-hybridized carbons (Fsp3) is 0.300. The second kappa shape index (κ2) is 5.23. The van der Waals surface area contributed by atoms with Gasteiger partial charge in [0.2, 0.25) is 0 Å². The van der Waals surface area contributed by atoms with Crippen molar-refractivity contribution in [3.8, 4) is 0 Å². The summed E-state index contributed by atoms with van der Waals surface area (Å²) in [5, 5.41) is 11.4. The number of carboxylic acid groups (broad SMARTS) is 1. The minimum absolute atomic E-state index is 0.329. The summed E-state index contributed by atoms with van der Waals surface area (Å²) in [4.78, 5) is 10.5. The molecule has 0 aliphatic rings. The number of carbonyl (C=O) groups is 1. The Balaban J connectivity index is 2.58. The van der Waals surface area contributed by atoms with E-state index in [0.29, 0.717) is 11.0 Å². The molecule has 0 heterocycles. The molecule has 0 radical (unpaired) electrons. The number of benzene rings is 1. The van der Waals surface area contributed by atoms with E-state index in [4.69, 9.17) is 5.11 Å². The predicted octanol–water partition coefficient (Wildman–Crippen LogP) is 2.15. The Labute approximate surface area is 95.4 Å². The Kier molecular flexibility index (Phi) is 4.23. The molecule has 0 spiro atoms. The summed E-state index contributed by atoms with van der Waals surface area (Å²) < 4.78 is 13.2. The highest BCUT2D eigenvalue weighted by Crippen LogP contribution is 2.16. The van der Waals surface area contributed by atoms with Gasteiger partial charge in [-0.3, -0.25) is 4.79 Å². The van der Waals surface area contributed by atoms with Crippen LogP contribution >= 0.6 is 15.9 Å². The molecule has 1 aromatic rings. The molecule has 1 aromatic carbocycles. The second-order valence-corrected chi connectivity index (χ2v) is 4.04. The number of hydrogen-bond donors (Lipinski definition) is 2. The molecule has 0 fully saturated rings. The highest BCUT2D eigenvalue weighted by atomic mass is 79.9. The van der Waals surface area contributed by atoms with Crippen molar-refractivity contribution in [2.75, 3.05) is 0 Å². The van der Waals surface area contributed by atoms with Crippen LogP contribution in [0.2, 0.25) is 0 Å². The molecule has 1 atom stereocenters. The van der Waals surface area contributed by atoms with Crippen LogP contribution in [0.25, 0.3) is 0 Å². The van der Waals surface area contributed by atoms with Gasteiger partial charge in [0.1, 0.15) is 11.9 Å². The van der Waals surface area contributed by atoms with Gasteiger partial charge in [-0.25, -0.2) is 4.39 Å². The molecule has 0 aliphatic heterocycles. The molecule has 3 nitrogen and oxygen atoms in total. The van der Waals surface area contributed by atoms with Gasteiger partial charge >= 0.3 is 5.97 Å². The summed E-state index contributed by atoms with van der Waals surface area (Å²) >= 11 is 3.06. The van der Waals surface area contributed by atoms with Crippen molar-refractivity contribution in [3.63, 3.8) is 0 Å². The molecule has 0 aliphatic carbocycles. The minimum Gasteiger partial charge on any atom is -0.480 e. The van der Waals surface area contributed by atoms with Crippen LogP contribution in [-0.4, -0.2) is 17.1 Å². The Morgan fingerprint density at radius 3 is 2.87 bits per heavy atom. The number of hydrogen-bond acceptors (Lipinski definition) is 2. The number of halogens is 2. The summed E-state index contributed by atoms with van der Waals surface area (Å²) in [5.74, 6) is -1.23. The summed E-state index contributed by atoms with van der Waals surface area (Å²) in [6, 6.07) is 3.96. The maximum absolute atomic E-state index is 12.9. The summed E-state index contributed by atoms with van der Waals surface area (Å²) in [5.41, 5.74) is 0.830. The minimum atomic E-state index is -0.906. The lowest BCUT2D eigenvalue weighted by Crippen LogP contribution is -2.33. The van der Waals surface area contributed by atoms with Crippen LogP contribution in [-0.2, 0) is 11.3 Å². The van der Waals surface area contributed by atoms with Gasteiger partial charge in [-0.05, 0) is 40.5 Å². The summed E-state index contributed by atoms with van der Waals surface area (Å²) in [6.07, 6.45) is 0. The molecular weight excluding hydrogens is 265 g/mol. The largest absolute Gasteiger partial charge is 0.480 e. The molecule has 0 saturated carbocycles. The first kappa shape index (κ1) is 12.1. The molecule has 5 heteroatoms. The zero-order chi connectivity index (χ0) is 11.4. The van der Waals surface area contributed by atoms with Gasteiger partial charge in [-0.15, -0.1) is 0 Å². The molecule has 0 amide bonds. The zero-order valence-corrected chi connectivity index (χ0v) is 9.71. The predicted molar refractivity (Wildman–Crippen MR) is 58.0 cm³/mol. The Morgan fingerprint density at radius 1 is 1.67 bits per heavy atom. The normalized spacial score (nSPS) is 12.5. The topological polar surface area (TPSA) is 49.3 Å². The first-order valence-corrected chi connectivity index (χ1v) is 5.20. The second-order valence-electron chi connectivity index (χ2n) is 3.19. The quantitative estimate of drug-likeness (QED) is 0.885. The fourth-order valence-electron chi connectivity index (χ4n) is 1.01. The maximum Gasteiger partial charge on any atom is 0.320 e. The van der Waals surface area contributed by atoms with E-state index in [2.05, 4.69) is 21.2 Å². The number of nitrogens with one attached hydrogen (secondary N) is 1. The van der Waals surface area contributed by atoms with Gasteiger partial charge in [0.25, 0.3) is 0 Å². The lowest BCUT2D eigenvalue weighted by atomic mass is 10.2. The van der Waals surface area contributed by atoms with E-state index in [1.54, 1.807) is 19.1 Å². The van der Waals surface area contributed by atoms with Crippen molar-refractivity contribution >= 4 is 21.9 Å². The first-order chi connectivity index (χ1) is 7.00. The number of aliphatic carboxylic acids is 1. The van der Waals surface area contributed by atoms with E-state index < -0.39 is 12.0 Å². The Hall–Kier alpha value is -0.940. The van der Waals surface area contributed by atoms with Crippen molar-refractivity contribution in [1.29, 1.82) is 0 Å². The molecule has 2 N–H and O–H groups in total. The molecule has 0 aromatic heterocycles. The highest BCUT2D eigenvalue weighted by molar-refractivity contribution is 9.10. The third-order valence-electron chi connectivity index (χ3n) is 1.97. The average Bonchev–Trinajstić information content (AvgIpc) is 2.19. The smallest absolute Gasteiger partial charge is 0.320 e. The fourth-order valence-corrected chi connectivity index (χ4v) is 1.43. The van der Waals surface area contributed by atoms with Crippen molar-refractivity contribution < 1.29 is 14.3 Å². The van der Waals surface area contributed by atoms with E-state index in [1.165, 1.54) is 6.07 Å². The van der Waals surface area contributed by atoms with Crippen LogP contribution in [0.1, 0.15) is 12.5 Å². The molecule has 82 valence electrons. The third kappa shape index (κ3) is 3.60. The van der Waals surface area contributed by atoms with Crippen LogP contribution in [0.5, 0.6) is 0 Å². The van der Waals surface area contributed by atoms with Crippen molar-refractivity contribution in [3.05, 3.63) is 34.1 Å². The lowest BCUT2D eigenvalue weighted by Gasteiger charge is -2.09. The van der Waals surface area contributed by atoms with Gasteiger partial charge in [-0.1, -0.05) is 6.07 Å². The molecule has 0 saturated heterocycles. The lowest BCUT2D eigenvalue weighted by molar-refractivity contribution is -0.139. The molecule has 15 heavy (non-hydrogen) atoms. The van der Waals surface area contributed by atoms with E-state index >= 15 is 0 Å². The number of carboxylic acids is 1. The van der Waals surface area contributed by atoms with Crippen LogP contribution in [0.4, 0.5) is 4.39 Å². The first-order valence-electron chi connectivity index (χ1n) is 4.41. The molecule has 1 rings (SSSR count). The molecular formula is C10H11BrFNO2. The van der Waals surface area contributed by atoms with Crippen molar-refractivity contribution in [2.24, 2.45) is 0 Å². The number of rotatable bonds is 4. The van der Waals surface area contributed by atoms with Gasteiger partial charge < -0.3 is 10.4 Å². The molecule has 0 bridgehead atoms. The SMILES string of the molecule is CC(NCc1ccc(F)c(Br)c1)C(=O)O. The Bertz CT molecular complexity index is 370. The van der Waals surface area contributed by atoms with Crippen LogP contribution in [0.15, 0.2) is 22.7 Å². The summed E-state index contributed by atoms with van der Waals surface area (Å²) in [7, 11) is 0. The third-order valence-corrected chi connectivity index (χ3v) is 2.57. The van der Waals surface area contributed by atoms with Gasteiger partial charge in [-0.2, -0.15) is 0 Å². The summed E-state index contributed by atoms with van der Waals surface area (Å²) in [6.45, 7) is 1.95. The van der Waals surface area contributed by atoms with E-state index in [1.807, 2.05) is 0 Å². The van der Waals surface area contributed by atoms with Crippen molar-refractivity contribution in [1.82, 2.24) is 5.32 Å². The van der Waals surface area contributed by atoms with E-state index in [0.717, 1.165) is 5.56 Å². The van der Waals surface area contributed by atoms with E-state index in [-0.39, 0.29) is 5.82 Å². The molecule has 1 unspecified atom stereocenters. The maximum atomic E-state index is 12.9. The highest BCUT2D eigenvalue weighted by Gasteiger charge is 2.09. The van der Waals surface area contributed by atoms with Gasteiger partial charge in [0, 0.05) is 6.54 Å². The average molecular weight is 276 g/mol. The zero-order valence-electron chi connectivity index (χ0n) is 8.13. The van der Waals surface area contributed by atoms with Crippen molar-refractivity contribution in [2.45, 2.75) is 19.5 Å².